The van der Waals surface area contributed by atoms with E-state index in [9.17, 15) is 5.11 Å². The number of fused-ring (bicyclic) bond motifs is 1. The molecular formula is C13H14N6O2. The fraction of sp³-hybridized carbons (Fsp3) is 0.154. The Balaban J connectivity index is 1.83. The number of phenolic OH excluding ortho intramolecular Hbond substituents is 1. The van der Waals surface area contributed by atoms with Crippen LogP contribution in [0.1, 0.15) is 5.56 Å². The van der Waals surface area contributed by atoms with Crippen molar-refractivity contribution in [3.05, 3.63) is 30.1 Å². The van der Waals surface area contributed by atoms with Gasteiger partial charge in [-0.25, -0.2) is 9.97 Å². The van der Waals surface area contributed by atoms with Crippen molar-refractivity contribution in [2.24, 2.45) is 0 Å². The minimum atomic E-state index is 0.104. The van der Waals surface area contributed by atoms with E-state index in [-0.39, 0.29) is 5.75 Å². The highest BCUT2D eigenvalue weighted by Crippen LogP contribution is 2.26. The predicted molar refractivity (Wildman–Crippen MR) is 78.1 cm³/mol. The van der Waals surface area contributed by atoms with Crippen molar-refractivity contribution in [1.29, 1.82) is 0 Å². The number of aromatic amines is 1. The van der Waals surface area contributed by atoms with Gasteiger partial charge in [0.2, 0.25) is 0 Å². The number of nitrogens with zero attached hydrogens (tertiary/aromatic N) is 3. The number of hydrogen-bond acceptors (Lipinski definition) is 7. The molecule has 0 fully saturated rings. The third-order valence-corrected chi connectivity index (χ3v) is 3.01. The van der Waals surface area contributed by atoms with Crippen molar-refractivity contribution in [1.82, 2.24) is 19.9 Å². The zero-order valence-electron chi connectivity index (χ0n) is 11.3. The lowest BCUT2D eigenvalue weighted by Crippen LogP contribution is -2.03. The van der Waals surface area contributed by atoms with Crippen LogP contribution in [-0.4, -0.2) is 32.2 Å². The van der Waals surface area contributed by atoms with Gasteiger partial charge in [0.1, 0.15) is 11.8 Å². The molecule has 8 nitrogen and oxygen atoms in total. The van der Waals surface area contributed by atoms with Crippen LogP contribution in [0.2, 0.25) is 0 Å². The van der Waals surface area contributed by atoms with E-state index in [4.69, 9.17) is 10.5 Å². The number of imidazole rings is 1. The number of methoxy groups -OCH3 is 1. The lowest BCUT2D eigenvalue weighted by molar-refractivity contribution is 0.373. The van der Waals surface area contributed by atoms with Crippen LogP contribution < -0.4 is 15.8 Å². The summed E-state index contributed by atoms with van der Waals surface area (Å²) < 4.78 is 5.08. The van der Waals surface area contributed by atoms with Crippen LogP contribution >= 0.6 is 0 Å². The Hall–Kier alpha value is -3.03. The highest BCUT2D eigenvalue weighted by atomic mass is 16.5. The van der Waals surface area contributed by atoms with E-state index in [2.05, 4.69) is 25.3 Å². The standard InChI is InChI=1S/C13H14N6O2/c1-21-9-4-7(2-3-8(9)20)5-15-11-10-12(17-6-16-11)19-13(14)18-10/h2-4,6,20H,5H2,1H3,(H4,14,15,16,17,18,19). The number of hydrogen-bond donors (Lipinski definition) is 4. The second kappa shape index (κ2) is 5.16. The van der Waals surface area contributed by atoms with Crippen molar-refractivity contribution >= 4 is 22.9 Å². The predicted octanol–water partition coefficient (Wildman–Crippen LogP) is 1.26. The SMILES string of the molecule is COc1cc(CNc2ncnc3nc(N)[nH]c23)ccc1O. The van der Waals surface area contributed by atoms with E-state index in [1.807, 2.05) is 0 Å². The molecule has 3 aromatic rings. The average Bonchev–Trinajstić information content (AvgIpc) is 2.87. The zero-order chi connectivity index (χ0) is 14.8. The second-order valence-corrected chi connectivity index (χ2v) is 4.40. The van der Waals surface area contributed by atoms with Crippen molar-refractivity contribution < 1.29 is 9.84 Å². The van der Waals surface area contributed by atoms with Gasteiger partial charge in [-0.3, -0.25) is 0 Å². The Kier molecular flexibility index (Phi) is 3.19. The quantitative estimate of drug-likeness (QED) is 0.569. The van der Waals surface area contributed by atoms with Crippen LogP contribution in [0.5, 0.6) is 11.5 Å². The van der Waals surface area contributed by atoms with E-state index >= 15 is 0 Å². The summed E-state index contributed by atoms with van der Waals surface area (Å²) in [5.41, 5.74) is 7.71. The molecule has 8 heteroatoms. The molecule has 0 radical (unpaired) electrons. The normalized spacial score (nSPS) is 10.7. The van der Waals surface area contributed by atoms with Gasteiger partial charge in [0.15, 0.2) is 28.9 Å². The van der Waals surface area contributed by atoms with Gasteiger partial charge in [-0.2, -0.15) is 4.98 Å². The topological polar surface area (TPSA) is 122 Å². The van der Waals surface area contributed by atoms with Crippen LogP contribution in [0, 0.1) is 0 Å². The van der Waals surface area contributed by atoms with Crippen molar-refractivity contribution in [2.75, 3.05) is 18.2 Å². The van der Waals surface area contributed by atoms with E-state index < -0.39 is 0 Å². The van der Waals surface area contributed by atoms with Gasteiger partial charge in [0, 0.05) is 6.54 Å². The molecule has 21 heavy (non-hydrogen) atoms. The Morgan fingerprint density at radius 3 is 3.05 bits per heavy atom. The molecule has 1 aromatic carbocycles. The van der Waals surface area contributed by atoms with E-state index in [1.165, 1.54) is 13.4 Å². The summed E-state index contributed by atoms with van der Waals surface area (Å²) in [6.07, 6.45) is 1.42. The molecule has 0 unspecified atom stereocenters. The molecule has 0 amide bonds. The van der Waals surface area contributed by atoms with Gasteiger partial charge in [-0.05, 0) is 17.7 Å². The molecule has 0 aliphatic carbocycles. The maximum Gasteiger partial charge on any atom is 0.200 e. The highest BCUT2D eigenvalue weighted by molar-refractivity contribution is 5.83. The second-order valence-electron chi connectivity index (χ2n) is 4.40. The first-order valence-corrected chi connectivity index (χ1v) is 6.23. The molecule has 5 N–H and O–H groups in total. The van der Waals surface area contributed by atoms with Gasteiger partial charge in [-0.1, -0.05) is 6.07 Å². The van der Waals surface area contributed by atoms with E-state index in [0.29, 0.717) is 35.2 Å². The maximum absolute atomic E-state index is 9.57. The molecule has 3 rings (SSSR count). The molecule has 108 valence electrons. The molecule has 0 aliphatic rings. The Morgan fingerprint density at radius 2 is 2.24 bits per heavy atom. The maximum atomic E-state index is 9.57. The number of H-pyrrole nitrogens is 1. The first-order chi connectivity index (χ1) is 10.2. The van der Waals surface area contributed by atoms with Crippen LogP contribution in [0.15, 0.2) is 24.5 Å². The summed E-state index contributed by atoms with van der Waals surface area (Å²) in [6, 6.07) is 5.13. The molecule has 0 saturated heterocycles. The third-order valence-electron chi connectivity index (χ3n) is 3.01. The van der Waals surface area contributed by atoms with Gasteiger partial charge in [0.05, 0.1) is 7.11 Å². The number of aromatic nitrogens is 4. The Morgan fingerprint density at radius 1 is 1.38 bits per heavy atom. The summed E-state index contributed by atoms with van der Waals surface area (Å²) >= 11 is 0. The number of aromatic hydroxyl groups is 1. The summed E-state index contributed by atoms with van der Waals surface area (Å²) in [4.78, 5) is 15.2. The molecule has 0 bridgehead atoms. The lowest BCUT2D eigenvalue weighted by Gasteiger charge is -2.08. The smallest absolute Gasteiger partial charge is 0.200 e. The molecular weight excluding hydrogens is 272 g/mol. The summed E-state index contributed by atoms with van der Waals surface area (Å²) in [7, 11) is 1.51. The van der Waals surface area contributed by atoms with Crippen LogP contribution in [0.4, 0.5) is 11.8 Å². The monoisotopic (exact) mass is 286 g/mol. The van der Waals surface area contributed by atoms with Crippen molar-refractivity contribution in [3.63, 3.8) is 0 Å². The number of nitrogen functional groups attached to an aromatic ring is 1. The fourth-order valence-electron chi connectivity index (χ4n) is 2.00. The minimum Gasteiger partial charge on any atom is -0.504 e. The van der Waals surface area contributed by atoms with Crippen LogP contribution in [0.3, 0.4) is 0 Å². The third kappa shape index (κ3) is 2.50. The molecule has 0 atom stereocenters. The minimum absolute atomic E-state index is 0.104. The van der Waals surface area contributed by atoms with Crippen molar-refractivity contribution in [2.45, 2.75) is 6.54 Å². The van der Waals surface area contributed by atoms with Gasteiger partial charge < -0.3 is 25.9 Å². The highest BCUT2D eigenvalue weighted by Gasteiger charge is 2.08. The molecule has 2 aromatic heterocycles. The Labute approximate surface area is 120 Å². The van der Waals surface area contributed by atoms with Crippen LogP contribution in [-0.2, 0) is 6.54 Å². The summed E-state index contributed by atoms with van der Waals surface area (Å²) in [5, 5.41) is 12.7. The lowest BCUT2D eigenvalue weighted by atomic mass is 10.2. The summed E-state index contributed by atoms with van der Waals surface area (Å²) in [6.45, 7) is 0.502. The van der Waals surface area contributed by atoms with Crippen LogP contribution in [0.25, 0.3) is 11.2 Å². The summed E-state index contributed by atoms with van der Waals surface area (Å²) in [5.74, 6) is 1.43. The zero-order valence-corrected chi connectivity index (χ0v) is 11.3. The number of benzene rings is 1. The molecule has 0 spiro atoms. The first kappa shape index (κ1) is 13.0. The number of anilines is 2. The number of ether oxygens (including phenoxy) is 1. The average molecular weight is 286 g/mol. The number of nitrogens with one attached hydrogen (secondary N) is 2. The number of phenols is 1. The molecule has 2 heterocycles. The fourth-order valence-corrected chi connectivity index (χ4v) is 2.00. The largest absolute Gasteiger partial charge is 0.504 e. The van der Waals surface area contributed by atoms with E-state index in [1.54, 1.807) is 18.2 Å². The van der Waals surface area contributed by atoms with Gasteiger partial charge in [-0.15, -0.1) is 0 Å². The number of nitrogens with two attached hydrogens (primary N) is 1. The molecule has 0 saturated carbocycles. The Bertz CT molecular complexity index is 785. The van der Waals surface area contributed by atoms with Gasteiger partial charge >= 0.3 is 0 Å². The number of rotatable bonds is 4. The first-order valence-electron chi connectivity index (χ1n) is 6.23. The molecule has 0 aliphatic heterocycles. The van der Waals surface area contributed by atoms with Crippen molar-refractivity contribution in [3.8, 4) is 11.5 Å². The van der Waals surface area contributed by atoms with E-state index in [0.717, 1.165) is 5.56 Å². The van der Waals surface area contributed by atoms with Gasteiger partial charge in [0.25, 0.3) is 0 Å².